The van der Waals surface area contributed by atoms with Gasteiger partial charge in [0, 0.05) is 11.5 Å². The highest BCUT2D eigenvalue weighted by Gasteiger charge is 2.41. The van der Waals surface area contributed by atoms with Crippen molar-refractivity contribution in [2.75, 3.05) is 0 Å². The Morgan fingerprint density at radius 1 is 1.23 bits per heavy atom. The third kappa shape index (κ3) is 1.46. The van der Waals surface area contributed by atoms with Crippen molar-refractivity contribution in [3.05, 3.63) is 59.8 Å². The molecule has 1 aliphatic heterocycles. The summed E-state index contributed by atoms with van der Waals surface area (Å²) in [4.78, 5) is 4.31. The molecule has 0 amide bonds. The van der Waals surface area contributed by atoms with E-state index in [0.29, 0.717) is 0 Å². The van der Waals surface area contributed by atoms with Gasteiger partial charge in [-0.2, -0.15) is 5.10 Å². The van der Waals surface area contributed by atoms with Crippen molar-refractivity contribution in [1.82, 2.24) is 19.7 Å². The Kier molecular flexibility index (Phi) is 2.38. The first-order valence-electron chi connectivity index (χ1n) is 7.66. The number of nitrogens with zero attached hydrogens (tertiary/aromatic N) is 3. The molecule has 0 bridgehead atoms. The van der Waals surface area contributed by atoms with Crippen LogP contribution < -0.4 is 0 Å². The van der Waals surface area contributed by atoms with Crippen LogP contribution in [0.4, 0.5) is 0 Å². The fourth-order valence-corrected chi connectivity index (χ4v) is 4.11. The van der Waals surface area contributed by atoms with Crippen molar-refractivity contribution in [2.24, 2.45) is 5.92 Å². The standard InChI is InChI=1S/C17H16N4O/c22-17-13(6-5-10-7-19-20-15(10)17)16-12-4-2-1-3-11(12)14-8-18-9-21(14)16/h1-4,7-9,13,16-17,22H,5-6H2,(H,19,20)/t13-,16?,17-/m1/s1. The molecule has 0 saturated heterocycles. The van der Waals surface area contributed by atoms with Gasteiger partial charge in [-0.15, -0.1) is 0 Å². The number of aryl methyl sites for hydroxylation is 1. The number of nitrogens with one attached hydrogen (secondary N) is 1. The zero-order valence-corrected chi connectivity index (χ0v) is 12.0. The molecule has 2 aliphatic rings. The van der Waals surface area contributed by atoms with Crippen LogP contribution in [0.15, 0.2) is 43.0 Å². The van der Waals surface area contributed by atoms with E-state index >= 15 is 0 Å². The minimum absolute atomic E-state index is 0.129. The molecular formula is C17H16N4O. The number of aliphatic hydroxyl groups is 1. The van der Waals surface area contributed by atoms with Crippen molar-refractivity contribution >= 4 is 0 Å². The highest BCUT2D eigenvalue weighted by Crippen LogP contribution is 2.49. The summed E-state index contributed by atoms with van der Waals surface area (Å²) in [6, 6.07) is 8.58. The molecule has 0 saturated carbocycles. The van der Waals surface area contributed by atoms with Gasteiger partial charge in [0.25, 0.3) is 0 Å². The van der Waals surface area contributed by atoms with E-state index in [2.05, 4.69) is 44.0 Å². The molecule has 1 aromatic carbocycles. The van der Waals surface area contributed by atoms with Crippen molar-refractivity contribution in [3.63, 3.8) is 0 Å². The van der Waals surface area contributed by atoms with Crippen LogP contribution in [0.1, 0.15) is 35.4 Å². The second kappa shape index (κ2) is 4.30. The fourth-order valence-electron chi connectivity index (χ4n) is 4.11. The number of aromatic nitrogens is 4. The van der Waals surface area contributed by atoms with Crippen molar-refractivity contribution < 1.29 is 5.11 Å². The highest BCUT2D eigenvalue weighted by molar-refractivity contribution is 5.69. The summed E-state index contributed by atoms with van der Waals surface area (Å²) >= 11 is 0. The molecule has 0 radical (unpaired) electrons. The van der Waals surface area contributed by atoms with Gasteiger partial charge in [0.2, 0.25) is 0 Å². The van der Waals surface area contributed by atoms with Gasteiger partial charge in [-0.3, -0.25) is 5.10 Å². The van der Waals surface area contributed by atoms with Gasteiger partial charge in [0.15, 0.2) is 0 Å². The minimum atomic E-state index is -0.516. The average molecular weight is 292 g/mol. The smallest absolute Gasteiger partial charge is 0.101 e. The van der Waals surface area contributed by atoms with Crippen molar-refractivity contribution in [1.29, 1.82) is 0 Å². The maximum atomic E-state index is 10.9. The van der Waals surface area contributed by atoms with Gasteiger partial charge in [-0.25, -0.2) is 4.98 Å². The van der Waals surface area contributed by atoms with E-state index in [1.807, 2.05) is 18.7 Å². The van der Waals surface area contributed by atoms with Crippen LogP contribution in [-0.2, 0) is 6.42 Å². The Morgan fingerprint density at radius 2 is 2.14 bits per heavy atom. The minimum Gasteiger partial charge on any atom is -0.386 e. The summed E-state index contributed by atoms with van der Waals surface area (Å²) in [5.41, 5.74) is 5.67. The molecule has 5 heteroatoms. The molecule has 1 unspecified atom stereocenters. The van der Waals surface area contributed by atoms with E-state index in [1.54, 1.807) is 0 Å². The lowest BCUT2D eigenvalue weighted by molar-refractivity contribution is 0.0684. The van der Waals surface area contributed by atoms with E-state index < -0.39 is 6.10 Å². The zero-order valence-electron chi connectivity index (χ0n) is 12.0. The number of imidazole rings is 1. The molecule has 2 aromatic heterocycles. The predicted octanol–water partition coefficient (Wildman–Crippen LogP) is 2.47. The molecule has 0 fully saturated rings. The lowest BCUT2D eigenvalue weighted by Crippen LogP contribution is -2.28. The summed E-state index contributed by atoms with van der Waals surface area (Å²) in [5.74, 6) is 0.129. The van der Waals surface area contributed by atoms with Gasteiger partial charge < -0.3 is 9.67 Å². The van der Waals surface area contributed by atoms with E-state index in [9.17, 15) is 5.11 Å². The summed E-state index contributed by atoms with van der Waals surface area (Å²) in [7, 11) is 0. The Balaban J connectivity index is 1.65. The lowest BCUT2D eigenvalue weighted by Gasteiger charge is -2.33. The SMILES string of the molecule is O[C@H]1c2[nH]ncc2CC[C@@H]1C1c2ccccc2-c2cncn21. The number of rotatable bonds is 1. The summed E-state index contributed by atoms with van der Waals surface area (Å²) in [6.07, 6.45) is 7.02. The Morgan fingerprint density at radius 3 is 3.09 bits per heavy atom. The predicted molar refractivity (Wildman–Crippen MR) is 81.2 cm³/mol. The van der Waals surface area contributed by atoms with E-state index in [4.69, 9.17) is 0 Å². The average Bonchev–Trinajstić information content (AvgIpc) is 3.23. The molecule has 3 aromatic rings. The van der Waals surface area contributed by atoms with E-state index in [1.165, 1.54) is 11.1 Å². The summed E-state index contributed by atoms with van der Waals surface area (Å²) in [5, 5.41) is 17.9. The monoisotopic (exact) mass is 292 g/mol. The number of hydrogen-bond donors (Lipinski definition) is 2. The number of benzene rings is 1. The number of fused-ring (bicyclic) bond motifs is 4. The Bertz CT molecular complexity index is 850. The van der Waals surface area contributed by atoms with Gasteiger partial charge in [-0.1, -0.05) is 24.3 Å². The first-order chi connectivity index (χ1) is 10.8. The Hall–Kier alpha value is -2.40. The lowest BCUT2D eigenvalue weighted by atomic mass is 9.78. The first kappa shape index (κ1) is 12.2. The largest absolute Gasteiger partial charge is 0.386 e. The van der Waals surface area contributed by atoms with Crippen LogP contribution in [0, 0.1) is 5.92 Å². The van der Waals surface area contributed by atoms with E-state index in [0.717, 1.165) is 29.8 Å². The third-order valence-corrected chi connectivity index (χ3v) is 5.13. The quantitative estimate of drug-likeness (QED) is 0.724. The molecule has 22 heavy (non-hydrogen) atoms. The number of aliphatic hydroxyl groups excluding tert-OH is 1. The molecule has 0 spiro atoms. The fraction of sp³-hybridized carbons (Fsp3) is 0.294. The number of H-pyrrole nitrogens is 1. The maximum Gasteiger partial charge on any atom is 0.101 e. The number of aromatic amines is 1. The van der Waals surface area contributed by atoms with Crippen molar-refractivity contribution in [3.8, 4) is 11.3 Å². The topological polar surface area (TPSA) is 66.7 Å². The normalized spacial score (nSPS) is 25.6. The van der Waals surface area contributed by atoms with Gasteiger partial charge in [0.1, 0.15) is 6.10 Å². The molecule has 2 N–H and O–H groups in total. The number of hydrogen-bond acceptors (Lipinski definition) is 3. The summed E-state index contributed by atoms with van der Waals surface area (Å²) < 4.78 is 2.21. The van der Waals surface area contributed by atoms with Gasteiger partial charge in [0.05, 0.1) is 36.2 Å². The van der Waals surface area contributed by atoms with Crippen LogP contribution in [0.3, 0.4) is 0 Å². The van der Waals surface area contributed by atoms with Crippen LogP contribution in [-0.4, -0.2) is 24.9 Å². The molecule has 5 nitrogen and oxygen atoms in total. The highest BCUT2D eigenvalue weighted by atomic mass is 16.3. The van der Waals surface area contributed by atoms with Crippen LogP contribution >= 0.6 is 0 Å². The molecule has 110 valence electrons. The van der Waals surface area contributed by atoms with Crippen molar-refractivity contribution in [2.45, 2.75) is 25.0 Å². The second-order valence-corrected chi connectivity index (χ2v) is 6.17. The summed E-state index contributed by atoms with van der Waals surface area (Å²) in [6.45, 7) is 0. The molecule has 5 rings (SSSR count). The van der Waals surface area contributed by atoms with Crippen LogP contribution in [0.25, 0.3) is 11.3 Å². The Labute approximate surface area is 127 Å². The second-order valence-electron chi connectivity index (χ2n) is 6.17. The molecular weight excluding hydrogens is 276 g/mol. The first-order valence-corrected chi connectivity index (χ1v) is 7.66. The zero-order chi connectivity index (χ0) is 14.7. The van der Waals surface area contributed by atoms with Gasteiger partial charge >= 0.3 is 0 Å². The third-order valence-electron chi connectivity index (χ3n) is 5.13. The maximum absolute atomic E-state index is 10.9. The van der Waals surface area contributed by atoms with E-state index in [-0.39, 0.29) is 12.0 Å². The molecule has 1 aliphatic carbocycles. The molecule has 3 heterocycles. The van der Waals surface area contributed by atoms with Crippen LogP contribution in [0.5, 0.6) is 0 Å². The molecule has 3 atom stereocenters. The van der Waals surface area contributed by atoms with Gasteiger partial charge in [-0.05, 0) is 24.0 Å². The van der Waals surface area contributed by atoms with Crippen LogP contribution in [0.2, 0.25) is 0 Å².